The minimum Gasteiger partial charge on any atom is -0.481 e. The molecule has 0 aliphatic rings. The van der Waals surface area contributed by atoms with Gasteiger partial charge in [-0.25, -0.2) is 0 Å². The first kappa shape index (κ1) is 12.1. The molecule has 0 unspecified atom stereocenters. The molecule has 3 nitrogen and oxygen atoms in total. The number of hydrogen-bond donors (Lipinski definition) is 1. The molecule has 0 aliphatic carbocycles. The second kappa shape index (κ2) is 6.63. The van der Waals surface area contributed by atoms with E-state index in [0.29, 0.717) is 12.8 Å². The normalized spacial score (nSPS) is 12.5. The van der Waals surface area contributed by atoms with Crippen LogP contribution < -0.4 is 0 Å². The Balaban J connectivity index is 4.06. The molecule has 0 radical (unpaired) electrons. The highest BCUT2D eigenvalue weighted by atomic mass is 16.4. The summed E-state index contributed by atoms with van der Waals surface area (Å²) >= 11 is 0. The number of aliphatic carboxylic acids is 1. The maximum atomic E-state index is 11.4. The second-order valence-electron chi connectivity index (χ2n) is 3.30. The molecule has 0 saturated carbocycles. The van der Waals surface area contributed by atoms with Crippen LogP contribution >= 0.6 is 0 Å². The highest BCUT2D eigenvalue weighted by molar-refractivity contribution is 5.84. The molecule has 1 atom stereocenters. The van der Waals surface area contributed by atoms with Gasteiger partial charge in [-0.3, -0.25) is 9.59 Å². The first-order valence-electron chi connectivity index (χ1n) is 4.86. The summed E-state index contributed by atoms with van der Waals surface area (Å²) in [6.45, 7) is 3.90. The van der Waals surface area contributed by atoms with Crippen molar-refractivity contribution in [1.82, 2.24) is 0 Å². The fourth-order valence-electron chi connectivity index (χ4n) is 1.39. The van der Waals surface area contributed by atoms with Crippen LogP contribution in [0.25, 0.3) is 0 Å². The highest BCUT2D eigenvalue weighted by Crippen LogP contribution is 2.15. The van der Waals surface area contributed by atoms with Gasteiger partial charge >= 0.3 is 5.97 Å². The molecular weight excluding hydrogens is 168 g/mol. The van der Waals surface area contributed by atoms with Gasteiger partial charge in [0.2, 0.25) is 0 Å². The van der Waals surface area contributed by atoms with E-state index in [2.05, 4.69) is 0 Å². The van der Waals surface area contributed by atoms with E-state index in [1.165, 1.54) is 0 Å². The van der Waals surface area contributed by atoms with Crippen LogP contribution in [0.2, 0.25) is 0 Å². The Bertz CT molecular complexity index is 175. The number of ketones is 1. The molecule has 0 aromatic rings. The summed E-state index contributed by atoms with van der Waals surface area (Å²) in [6.07, 6.45) is 2.88. The molecule has 1 N–H and O–H groups in total. The van der Waals surface area contributed by atoms with Crippen LogP contribution in [0.5, 0.6) is 0 Å². The molecule has 0 aromatic carbocycles. The number of carbonyl (C=O) groups is 2. The standard InChI is InChI=1S/C10H18O3/c1-3-5-8(7-10(12)13)9(11)6-4-2/h8H,3-7H2,1-2H3,(H,12,13)/t8-/m0/s1. The lowest BCUT2D eigenvalue weighted by Gasteiger charge is -2.11. The topological polar surface area (TPSA) is 54.4 Å². The van der Waals surface area contributed by atoms with Gasteiger partial charge in [-0.2, -0.15) is 0 Å². The minimum absolute atomic E-state index is 0.00727. The summed E-state index contributed by atoms with van der Waals surface area (Å²) in [7, 11) is 0. The molecule has 0 rings (SSSR count). The minimum atomic E-state index is -0.872. The van der Waals surface area contributed by atoms with Gasteiger partial charge in [0.1, 0.15) is 5.78 Å². The number of carboxylic acid groups (broad SMARTS) is 1. The van der Waals surface area contributed by atoms with Crippen molar-refractivity contribution >= 4 is 11.8 Å². The monoisotopic (exact) mass is 186 g/mol. The molecule has 0 spiro atoms. The Kier molecular flexibility index (Phi) is 6.20. The summed E-state index contributed by atoms with van der Waals surface area (Å²) in [5.74, 6) is -1.03. The van der Waals surface area contributed by atoms with Crippen LogP contribution in [0.4, 0.5) is 0 Å². The molecule has 0 saturated heterocycles. The van der Waals surface area contributed by atoms with Gasteiger partial charge in [-0.1, -0.05) is 20.3 Å². The van der Waals surface area contributed by atoms with E-state index in [4.69, 9.17) is 5.11 Å². The van der Waals surface area contributed by atoms with E-state index >= 15 is 0 Å². The van der Waals surface area contributed by atoms with Crippen LogP contribution in [-0.4, -0.2) is 16.9 Å². The van der Waals surface area contributed by atoms with E-state index in [9.17, 15) is 9.59 Å². The van der Waals surface area contributed by atoms with Crippen LogP contribution in [0.15, 0.2) is 0 Å². The van der Waals surface area contributed by atoms with Gasteiger partial charge in [0.25, 0.3) is 0 Å². The third-order valence-corrected chi connectivity index (χ3v) is 2.01. The predicted molar refractivity (Wildman–Crippen MR) is 50.6 cm³/mol. The van der Waals surface area contributed by atoms with Crippen molar-refractivity contribution in [3.63, 3.8) is 0 Å². The van der Waals surface area contributed by atoms with Crippen molar-refractivity contribution in [3.05, 3.63) is 0 Å². The van der Waals surface area contributed by atoms with E-state index in [1.54, 1.807) is 0 Å². The lowest BCUT2D eigenvalue weighted by molar-refractivity contribution is -0.140. The van der Waals surface area contributed by atoms with E-state index in [0.717, 1.165) is 12.8 Å². The van der Waals surface area contributed by atoms with Gasteiger partial charge in [-0.05, 0) is 12.8 Å². The maximum absolute atomic E-state index is 11.4. The zero-order valence-electron chi connectivity index (χ0n) is 8.38. The number of carboxylic acids is 1. The number of Topliss-reactive ketones (excluding diaryl/α,β-unsaturated/α-hetero) is 1. The molecule has 0 aromatic heterocycles. The maximum Gasteiger partial charge on any atom is 0.304 e. The van der Waals surface area contributed by atoms with Crippen molar-refractivity contribution in [1.29, 1.82) is 0 Å². The Morgan fingerprint density at radius 1 is 1.23 bits per heavy atom. The SMILES string of the molecule is CCCC(=O)[C@@H](CCC)CC(=O)O. The molecule has 76 valence electrons. The lowest BCUT2D eigenvalue weighted by Crippen LogP contribution is -2.17. The lowest BCUT2D eigenvalue weighted by atomic mass is 9.93. The number of hydrogen-bond acceptors (Lipinski definition) is 2. The van der Waals surface area contributed by atoms with Crippen molar-refractivity contribution in [2.45, 2.75) is 46.0 Å². The largest absolute Gasteiger partial charge is 0.481 e. The predicted octanol–water partition coefficient (Wildman–Crippen LogP) is 2.25. The van der Waals surface area contributed by atoms with Gasteiger partial charge in [0, 0.05) is 12.3 Å². The van der Waals surface area contributed by atoms with Crippen LogP contribution in [0.1, 0.15) is 46.0 Å². The summed E-state index contributed by atoms with van der Waals surface area (Å²) in [4.78, 5) is 21.8. The van der Waals surface area contributed by atoms with Crippen LogP contribution in [0, 0.1) is 5.92 Å². The summed E-state index contributed by atoms with van der Waals surface area (Å²) < 4.78 is 0. The Hall–Kier alpha value is -0.860. The average molecular weight is 186 g/mol. The average Bonchev–Trinajstić information content (AvgIpc) is 2.03. The van der Waals surface area contributed by atoms with E-state index < -0.39 is 5.97 Å². The van der Waals surface area contributed by atoms with Crippen LogP contribution in [-0.2, 0) is 9.59 Å². The van der Waals surface area contributed by atoms with Gasteiger partial charge in [0.05, 0.1) is 6.42 Å². The highest BCUT2D eigenvalue weighted by Gasteiger charge is 2.19. The zero-order valence-corrected chi connectivity index (χ0v) is 8.38. The van der Waals surface area contributed by atoms with Gasteiger partial charge < -0.3 is 5.11 Å². The van der Waals surface area contributed by atoms with E-state index in [-0.39, 0.29) is 18.1 Å². The third-order valence-electron chi connectivity index (χ3n) is 2.01. The van der Waals surface area contributed by atoms with E-state index in [1.807, 2.05) is 13.8 Å². The molecule has 13 heavy (non-hydrogen) atoms. The number of carbonyl (C=O) groups excluding carboxylic acids is 1. The number of rotatable bonds is 7. The summed E-state index contributed by atoms with van der Waals surface area (Å²) in [5.41, 5.74) is 0. The Labute approximate surface area is 79.1 Å². The quantitative estimate of drug-likeness (QED) is 0.663. The van der Waals surface area contributed by atoms with Crippen LogP contribution in [0.3, 0.4) is 0 Å². The smallest absolute Gasteiger partial charge is 0.304 e. The fourth-order valence-corrected chi connectivity index (χ4v) is 1.39. The third kappa shape index (κ3) is 5.39. The molecule has 0 amide bonds. The Morgan fingerprint density at radius 3 is 2.23 bits per heavy atom. The first-order chi connectivity index (χ1) is 6.11. The summed E-state index contributed by atoms with van der Waals surface area (Å²) in [5, 5.41) is 8.58. The van der Waals surface area contributed by atoms with Crippen molar-refractivity contribution in [2.24, 2.45) is 5.92 Å². The fraction of sp³-hybridized carbons (Fsp3) is 0.800. The van der Waals surface area contributed by atoms with Crippen molar-refractivity contribution in [2.75, 3.05) is 0 Å². The molecule has 0 heterocycles. The summed E-state index contributed by atoms with van der Waals surface area (Å²) in [6, 6.07) is 0. The van der Waals surface area contributed by atoms with Gasteiger partial charge in [0.15, 0.2) is 0 Å². The van der Waals surface area contributed by atoms with Gasteiger partial charge in [-0.15, -0.1) is 0 Å². The molecule has 0 fully saturated rings. The molecule has 0 aliphatic heterocycles. The van der Waals surface area contributed by atoms with Crippen molar-refractivity contribution < 1.29 is 14.7 Å². The molecule has 3 heteroatoms. The second-order valence-corrected chi connectivity index (χ2v) is 3.30. The van der Waals surface area contributed by atoms with Crippen molar-refractivity contribution in [3.8, 4) is 0 Å². The molecular formula is C10H18O3. The molecule has 0 bridgehead atoms. The first-order valence-corrected chi connectivity index (χ1v) is 4.86. The zero-order chi connectivity index (χ0) is 10.3. The Morgan fingerprint density at radius 2 is 1.85 bits per heavy atom.